The van der Waals surface area contributed by atoms with Crippen molar-refractivity contribution in [3.05, 3.63) is 28.2 Å². The zero-order chi connectivity index (χ0) is 15.1. The van der Waals surface area contributed by atoms with Gasteiger partial charge in [0.1, 0.15) is 5.54 Å². The number of nitrogens with zero attached hydrogens (tertiary/aromatic N) is 1. The first-order valence-corrected chi connectivity index (χ1v) is 8.48. The predicted molar refractivity (Wildman–Crippen MR) is 79.9 cm³/mol. The lowest BCUT2D eigenvalue weighted by Gasteiger charge is -2.40. The summed E-state index contributed by atoms with van der Waals surface area (Å²) in [7, 11) is -3.72. The van der Waals surface area contributed by atoms with Crippen molar-refractivity contribution in [2.75, 3.05) is 13.1 Å². The molecule has 1 N–H and O–H groups in total. The number of aryl methyl sites for hydroxylation is 1. The Morgan fingerprint density at radius 2 is 2.00 bits per heavy atom. The molecule has 1 fully saturated rings. The van der Waals surface area contributed by atoms with Crippen molar-refractivity contribution >= 4 is 31.9 Å². The molecule has 7 heteroatoms. The fourth-order valence-electron chi connectivity index (χ4n) is 2.23. The van der Waals surface area contributed by atoms with Crippen LogP contribution in [0.25, 0.3) is 0 Å². The van der Waals surface area contributed by atoms with E-state index in [0.29, 0.717) is 11.0 Å². The van der Waals surface area contributed by atoms with Crippen molar-refractivity contribution in [1.29, 1.82) is 0 Å². The summed E-state index contributed by atoms with van der Waals surface area (Å²) in [5.74, 6) is -0.282. The van der Waals surface area contributed by atoms with Crippen LogP contribution in [0.15, 0.2) is 27.6 Å². The van der Waals surface area contributed by atoms with Gasteiger partial charge in [0.25, 0.3) is 0 Å². The Kier molecular flexibility index (Phi) is 3.96. The lowest BCUT2D eigenvalue weighted by atomic mass is 10.0. The highest BCUT2D eigenvalue weighted by Gasteiger charge is 2.45. The van der Waals surface area contributed by atoms with Gasteiger partial charge in [0, 0.05) is 17.6 Å². The Morgan fingerprint density at radius 1 is 1.35 bits per heavy atom. The fraction of sp³-hybridized carbons (Fsp3) is 0.462. The molecule has 0 bridgehead atoms. The monoisotopic (exact) mass is 360 g/mol. The van der Waals surface area contributed by atoms with Crippen LogP contribution in [0, 0.1) is 6.92 Å². The second-order valence-corrected chi connectivity index (χ2v) is 8.01. The molecule has 2 rings (SSSR count). The third kappa shape index (κ3) is 2.49. The minimum Gasteiger partial charge on any atom is -0.353 e. The van der Waals surface area contributed by atoms with Crippen molar-refractivity contribution < 1.29 is 13.2 Å². The number of rotatable bonds is 2. The number of hydrogen-bond acceptors (Lipinski definition) is 3. The van der Waals surface area contributed by atoms with Crippen LogP contribution in [-0.4, -0.2) is 37.3 Å². The smallest absolute Gasteiger partial charge is 0.245 e. The number of piperazine rings is 1. The molecule has 1 aliphatic rings. The first-order valence-electron chi connectivity index (χ1n) is 6.24. The van der Waals surface area contributed by atoms with Crippen molar-refractivity contribution in [2.24, 2.45) is 0 Å². The van der Waals surface area contributed by atoms with Gasteiger partial charge in [0.2, 0.25) is 15.9 Å². The number of benzene rings is 1. The standard InChI is InChI=1S/C13H17BrN2O3S/c1-9-4-5-11(10(14)8-9)20(18,19)16-7-6-15-12(17)13(16,2)3/h4-5,8H,6-7H2,1-3H3,(H,15,17). The van der Waals surface area contributed by atoms with Gasteiger partial charge >= 0.3 is 0 Å². The maximum Gasteiger partial charge on any atom is 0.245 e. The van der Waals surface area contributed by atoms with E-state index < -0.39 is 15.6 Å². The average molecular weight is 361 g/mol. The highest BCUT2D eigenvalue weighted by molar-refractivity contribution is 9.10. The third-order valence-electron chi connectivity index (χ3n) is 3.44. The molecule has 1 aliphatic heterocycles. The zero-order valence-electron chi connectivity index (χ0n) is 11.6. The normalized spacial score (nSPS) is 19.7. The van der Waals surface area contributed by atoms with Gasteiger partial charge in [0.15, 0.2) is 0 Å². The van der Waals surface area contributed by atoms with Gasteiger partial charge in [-0.15, -0.1) is 0 Å². The minimum absolute atomic E-state index is 0.186. The largest absolute Gasteiger partial charge is 0.353 e. The molecule has 0 spiro atoms. The first kappa shape index (κ1) is 15.5. The molecular weight excluding hydrogens is 344 g/mol. The molecule has 110 valence electrons. The fourth-order valence-corrected chi connectivity index (χ4v) is 5.14. The van der Waals surface area contributed by atoms with E-state index in [0.717, 1.165) is 5.56 Å². The molecule has 1 amide bonds. The summed E-state index contributed by atoms with van der Waals surface area (Å²) in [6, 6.07) is 5.07. The molecule has 0 saturated carbocycles. The Hall–Kier alpha value is -0.920. The SMILES string of the molecule is Cc1ccc(S(=O)(=O)N2CCNC(=O)C2(C)C)c(Br)c1. The van der Waals surface area contributed by atoms with Gasteiger partial charge in [-0.05, 0) is 54.4 Å². The molecule has 0 radical (unpaired) electrons. The van der Waals surface area contributed by atoms with Crippen LogP contribution >= 0.6 is 15.9 Å². The molecule has 1 aromatic carbocycles. The molecule has 0 atom stereocenters. The Bertz CT molecular complexity index is 656. The Balaban J connectivity index is 2.52. The molecule has 0 unspecified atom stereocenters. The second kappa shape index (κ2) is 5.13. The maximum atomic E-state index is 12.8. The van der Waals surface area contributed by atoms with E-state index in [1.54, 1.807) is 32.0 Å². The van der Waals surface area contributed by atoms with Crippen molar-refractivity contribution in [3.8, 4) is 0 Å². The van der Waals surface area contributed by atoms with Crippen molar-refractivity contribution in [1.82, 2.24) is 9.62 Å². The van der Waals surface area contributed by atoms with Gasteiger partial charge in [-0.1, -0.05) is 6.07 Å². The van der Waals surface area contributed by atoms with Gasteiger partial charge in [-0.3, -0.25) is 4.79 Å². The first-order chi connectivity index (χ1) is 9.17. The maximum absolute atomic E-state index is 12.8. The third-order valence-corrected chi connectivity index (χ3v) is 6.48. The topological polar surface area (TPSA) is 66.5 Å². The van der Waals surface area contributed by atoms with Crippen LogP contribution in [0.5, 0.6) is 0 Å². The van der Waals surface area contributed by atoms with E-state index in [-0.39, 0.29) is 17.3 Å². The lowest BCUT2D eigenvalue weighted by molar-refractivity contribution is -0.131. The van der Waals surface area contributed by atoms with E-state index in [9.17, 15) is 13.2 Å². The van der Waals surface area contributed by atoms with Crippen LogP contribution in [0.2, 0.25) is 0 Å². The number of sulfonamides is 1. The number of amides is 1. The van der Waals surface area contributed by atoms with Gasteiger partial charge < -0.3 is 5.32 Å². The summed E-state index contributed by atoms with van der Waals surface area (Å²) < 4.78 is 27.4. The molecule has 5 nitrogen and oxygen atoms in total. The molecule has 1 saturated heterocycles. The van der Waals surface area contributed by atoms with Crippen LogP contribution in [0.3, 0.4) is 0 Å². The Labute approximate surface area is 127 Å². The van der Waals surface area contributed by atoms with Crippen molar-refractivity contribution in [2.45, 2.75) is 31.2 Å². The average Bonchev–Trinajstić information content (AvgIpc) is 2.31. The minimum atomic E-state index is -3.72. The molecule has 1 heterocycles. The molecule has 0 aromatic heterocycles. The summed E-state index contributed by atoms with van der Waals surface area (Å²) in [5, 5.41) is 2.69. The van der Waals surface area contributed by atoms with Crippen molar-refractivity contribution in [3.63, 3.8) is 0 Å². The quantitative estimate of drug-likeness (QED) is 0.871. The highest BCUT2D eigenvalue weighted by Crippen LogP contribution is 2.31. The summed E-state index contributed by atoms with van der Waals surface area (Å²) in [4.78, 5) is 12.1. The van der Waals surface area contributed by atoms with Gasteiger partial charge in [0.05, 0.1) is 4.90 Å². The number of nitrogens with one attached hydrogen (secondary N) is 1. The molecule has 20 heavy (non-hydrogen) atoms. The van der Waals surface area contributed by atoms with E-state index in [1.165, 1.54) is 4.31 Å². The second-order valence-electron chi connectivity index (χ2n) is 5.33. The number of hydrogen-bond donors (Lipinski definition) is 1. The summed E-state index contributed by atoms with van der Waals surface area (Å²) in [6.45, 7) is 5.70. The molecule has 1 aromatic rings. The van der Waals surface area contributed by atoms with Gasteiger partial charge in [-0.25, -0.2) is 8.42 Å². The Morgan fingerprint density at radius 3 is 2.60 bits per heavy atom. The number of carbonyl (C=O) groups excluding carboxylic acids is 1. The van der Waals surface area contributed by atoms with Crippen LogP contribution < -0.4 is 5.32 Å². The summed E-state index contributed by atoms with van der Waals surface area (Å²) in [6.07, 6.45) is 0. The number of halogens is 1. The molecular formula is C13H17BrN2O3S. The van der Waals surface area contributed by atoms with E-state index in [2.05, 4.69) is 21.2 Å². The lowest BCUT2D eigenvalue weighted by Crippen LogP contribution is -2.63. The molecule has 0 aliphatic carbocycles. The van der Waals surface area contributed by atoms with Gasteiger partial charge in [-0.2, -0.15) is 4.31 Å². The van der Waals surface area contributed by atoms with E-state index in [1.807, 2.05) is 6.92 Å². The van der Waals surface area contributed by atoms with Crippen LogP contribution in [-0.2, 0) is 14.8 Å². The highest BCUT2D eigenvalue weighted by atomic mass is 79.9. The predicted octanol–water partition coefficient (Wildman–Crippen LogP) is 1.66. The number of carbonyl (C=O) groups is 1. The van der Waals surface area contributed by atoms with E-state index >= 15 is 0 Å². The zero-order valence-corrected chi connectivity index (χ0v) is 14.0. The summed E-state index contributed by atoms with van der Waals surface area (Å²) in [5.41, 5.74) is -0.131. The summed E-state index contributed by atoms with van der Waals surface area (Å²) >= 11 is 3.30. The van der Waals surface area contributed by atoms with E-state index in [4.69, 9.17) is 0 Å². The van der Waals surface area contributed by atoms with Crippen LogP contribution in [0.1, 0.15) is 19.4 Å². The van der Waals surface area contributed by atoms with Crippen LogP contribution in [0.4, 0.5) is 0 Å².